The molecule has 1 saturated carbocycles. The second kappa shape index (κ2) is 5.24. The van der Waals surface area contributed by atoms with Gasteiger partial charge in [0.25, 0.3) is 0 Å². The van der Waals surface area contributed by atoms with Crippen LogP contribution in [0.15, 0.2) is 12.2 Å². The van der Waals surface area contributed by atoms with Crippen LogP contribution in [0.3, 0.4) is 0 Å². The summed E-state index contributed by atoms with van der Waals surface area (Å²) < 4.78 is 5.68. The van der Waals surface area contributed by atoms with Gasteiger partial charge in [-0.05, 0) is 51.9 Å². The third-order valence-corrected chi connectivity index (χ3v) is 5.00. The number of hydrogen-bond donors (Lipinski definition) is 0. The van der Waals surface area contributed by atoms with Crippen LogP contribution in [-0.2, 0) is 9.53 Å². The molecule has 2 nitrogen and oxygen atoms in total. The fraction of sp³-hybridized carbons (Fsp3) is 0.750. The van der Waals surface area contributed by atoms with E-state index in [0.717, 1.165) is 12.8 Å². The van der Waals surface area contributed by atoms with Crippen molar-refractivity contribution in [3.05, 3.63) is 12.2 Å². The summed E-state index contributed by atoms with van der Waals surface area (Å²) >= 11 is 0. The molecule has 22 heavy (non-hydrogen) atoms. The maximum absolute atomic E-state index is 13.0. The number of rotatable bonds is 1. The molecule has 2 heteroatoms. The highest BCUT2D eigenvalue weighted by molar-refractivity contribution is 5.92. The number of allylic oxidation sites excluding steroid dienone is 1. The summed E-state index contributed by atoms with van der Waals surface area (Å²) in [6, 6.07) is 0. The number of hydrogen-bond acceptors (Lipinski definition) is 2. The number of ketones is 1. The third-order valence-electron chi connectivity index (χ3n) is 5.00. The zero-order valence-electron chi connectivity index (χ0n) is 15.2. The third kappa shape index (κ3) is 3.30. The maximum Gasteiger partial charge on any atom is 0.155 e. The summed E-state index contributed by atoms with van der Waals surface area (Å²) in [6.45, 7) is 12.7. The molecule has 0 aliphatic heterocycles. The first kappa shape index (κ1) is 17.3. The van der Waals surface area contributed by atoms with Gasteiger partial charge in [-0.1, -0.05) is 37.8 Å². The average molecular weight is 302 g/mol. The lowest BCUT2D eigenvalue weighted by molar-refractivity contribution is -0.135. The predicted octanol–water partition coefficient (Wildman–Crippen LogP) is 4.39. The molecule has 0 radical (unpaired) electrons. The van der Waals surface area contributed by atoms with Gasteiger partial charge < -0.3 is 4.74 Å². The highest BCUT2D eigenvalue weighted by Crippen LogP contribution is 2.53. The molecule has 3 atom stereocenters. The van der Waals surface area contributed by atoms with Gasteiger partial charge in [-0.2, -0.15) is 0 Å². The van der Waals surface area contributed by atoms with Gasteiger partial charge in [-0.3, -0.25) is 4.79 Å². The van der Waals surface area contributed by atoms with E-state index < -0.39 is 5.41 Å². The molecule has 2 aliphatic rings. The van der Waals surface area contributed by atoms with Crippen LogP contribution < -0.4 is 0 Å². The van der Waals surface area contributed by atoms with E-state index in [1.165, 1.54) is 0 Å². The standard InChI is InChI=1S/C20H30O2/c1-17(2,3)8-10-20-11-9-19(6,22-7)13-15(20)12-18(4,5)14-16(20)21/h9,11,15H,12-14H2,1-7H3/t15-,19+,20+/m1/s1. The van der Waals surface area contributed by atoms with E-state index in [-0.39, 0.29) is 28.1 Å². The van der Waals surface area contributed by atoms with Crippen molar-refractivity contribution in [1.82, 2.24) is 0 Å². The van der Waals surface area contributed by atoms with Crippen LogP contribution in [0.5, 0.6) is 0 Å². The minimum Gasteiger partial charge on any atom is -0.374 e. The molecule has 0 aromatic carbocycles. The van der Waals surface area contributed by atoms with E-state index >= 15 is 0 Å². The predicted molar refractivity (Wildman–Crippen MR) is 90.3 cm³/mol. The lowest BCUT2D eigenvalue weighted by Gasteiger charge is -2.49. The lowest BCUT2D eigenvalue weighted by Crippen LogP contribution is -2.50. The molecule has 0 spiro atoms. The Labute approximate surface area is 135 Å². The number of fused-ring (bicyclic) bond motifs is 1. The molecule has 0 aromatic heterocycles. The lowest BCUT2D eigenvalue weighted by atomic mass is 9.54. The van der Waals surface area contributed by atoms with Crippen LogP contribution in [0.25, 0.3) is 0 Å². The van der Waals surface area contributed by atoms with Crippen molar-refractivity contribution in [3.63, 3.8) is 0 Å². The molecule has 0 unspecified atom stereocenters. The van der Waals surface area contributed by atoms with E-state index in [1.807, 2.05) is 6.08 Å². The van der Waals surface area contributed by atoms with Crippen molar-refractivity contribution in [2.45, 2.75) is 66.4 Å². The Kier molecular flexibility index (Phi) is 4.11. The molecular weight excluding hydrogens is 272 g/mol. The summed E-state index contributed by atoms with van der Waals surface area (Å²) in [5, 5.41) is 0. The van der Waals surface area contributed by atoms with E-state index in [9.17, 15) is 4.79 Å². The van der Waals surface area contributed by atoms with Gasteiger partial charge in [0, 0.05) is 18.9 Å². The monoisotopic (exact) mass is 302 g/mol. The first-order chi connectivity index (χ1) is 9.91. The largest absolute Gasteiger partial charge is 0.374 e. The van der Waals surface area contributed by atoms with Gasteiger partial charge in [0.05, 0.1) is 5.60 Å². The summed E-state index contributed by atoms with van der Waals surface area (Å²) in [5.74, 6) is 7.21. The normalized spacial score (nSPS) is 37.2. The van der Waals surface area contributed by atoms with Gasteiger partial charge >= 0.3 is 0 Å². The minimum atomic E-state index is -0.610. The van der Waals surface area contributed by atoms with E-state index in [0.29, 0.717) is 6.42 Å². The molecular formula is C20H30O2. The zero-order chi connectivity index (χ0) is 16.8. The molecule has 2 rings (SSSR count). The zero-order valence-corrected chi connectivity index (χ0v) is 15.2. The highest BCUT2D eigenvalue weighted by Gasteiger charge is 2.53. The molecule has 0 aromatic rings. The maximum atomic E-state index is 13.0. The summed E-state index contributed by atoms with van der Waals surface area (Å²) in [6.07, 6.45) is 6.57. The van der Waals surface area contributed by atoms with E-state index in [2.05, 4.69) is 59.5 Å². The van der Waals surface area contributed by atoms with Crippen molar-refractivity contribution in [2.75, 3.05) is 7.11 Å². The van der Waals surface area contributed by atoms with E-state index in [4.69, 9.17) is 4.74 Å². The molecule has 0 amide bonds. The van der Waals surface area contributed by atoms with Crippen molar-refractivity contribution in [2.24, 2.45) is 22.2 Å². The molecule has 0 heterocycles. The van der Waals surface area contributed by atoms with Gasteiger partial charge in [-0.15, -0.1) is 0 Å². The number of methoxy groups -OCH3 is 1. The first-order valence-corrected chi connectivity index (χ1v) is 8.25. The summed E-state index contributed by atoms with van der Waals surface area (Å²) in [5.41, 5.74) is -0.941. The fourth-order valence-electron chi connectivity index (χ4n) is 3.69. The number of ether oxygens (including phenoxy) is 1. The molecule has 1 fully saturated rings. The van der Waals surface area contributed by atoms with Crippen LogP contribution in [0.2, 0.25) is 0 Å². The van der Waals surface area contributed by atoms with Crippen molar-refractivity contribution in [1.29, 1.82) is 0 Å². The van der Waals surface area contributed by atoms with E-state index in [1.54, 1.807) is 7.11 Å². The Hall–Kier alpha value is -1.07. The van der Waals surface area contributed by atoms with Gasteiger partial charge in [0.15, 0.2) is 5.78 Å². The molecule has 0 bridgehead atoms. The Balaban J connectivity index is 2.52. The van der Waals surface area contributed by atoms with Crippen molar-refractivity contribution >= 4 is 5.78 Å². The number of carbonyl (C=O) groups excluding carboxylic acids is 1. The summed E-state index contributed by atoms with van der Waals surface area (Å²) in [7, 11) is 1.74. The number of Topliss-reactive ketones (excluding diaryl/α,β-unsaturated/α-hetero) is 1. The Morgan fingerprint density at radius 2 is 1.82 bits per heavy atom. The Morgan fingerprint density at radius 1 is 1.18 bits per heavy atom. The molecule has 122 valence electrons. The van der Waals surface area contributed by atoms with Gasteiger partial charge in [0.1, 0.15) is 5.41 Å². The van der Waals surface area contributed by atoms with Crippen molar-refractivity contribution in [3.8, 4) is 11.8 Å². The van der Waals surface area contributed by atoms with Crippen LogP contribution in [0.1, 0.15) is 60.8 Å². The van der Waals surface area contributed by atoms with Crippen LogP contribution in [0.4, 0.5) is 0 Å². The Bertz CT molecular complexity index is 552. The Morgan fingerprint density at radius 3 is 2.36 bits per heavy atom. The second-order valence-electron chi connectivity index (χ2n) is 9.09. The number of carbonyl (C=O) groups is 1. The quantitative estimate of drug-likeness (QED) is 0.530. The highest BCUT2D eigenvalue weighted by atomic mass is 16.5. The SMILES string of the molecule is CO[C@@]1(C)C=C[C@]2(C#CC(C)(C)C)C(=O)CC(C)(C)C[C@@H]2C1. The molecule has 0 saturated heterocycles. The van der Waals surface area contributed by atoms with Gasteiger partial charge in [0.2, 0.25) is 0 Å². The first-order valence-electron chi connectivity index (χ1n) is 8.25. The topological polar surface area (TPSA) is 26.3 Å². The summed E-state index contributed by atoms with van der Waals surface area (Å²) in [4.78, 5) is 13.0. The van der Waals surface area contributed by atoms with Gasteiger partial charge in [-0.25, -0.2) is 0 Å². The van der Waals surface area contributed by atoms with Crippen LogP contribution >= 0.6 is 0 Å². The average Bonchev–Trinajstić information content (AvgIpc) is 2.35. The fourth-order valence-corrected chi connectivity index (χ4v) is 3.69. The van der Waals surface area contributed by atoms with Crippen LogP contribution in [-0.4, -0.2) is 18.5 Å². The van der Waals surface area contributed by atoms with Crippen molar-refractivity contribution < 1.29 is 9.53 Å². The molecule has 2 aliphatic carbocycles. The molecule has 0 N–H and O–H groups in total. The second-order valence-corrected chi connectivity index (χ2v) is 9.09. The van der Waals surface area contributed by atoms with Crippen LogP contribution in [0, 0.1) is 34.0 Å². The smallest absolute Gasteiger partial charge is 0.155 e. The minimum absolute atomic E-state index is 0.0501.